The van der Waals surface area contributed by atoms with Gasteiger partial charge in [-0.3, -0.25) is 14.4 Å². The predicted molar refractivity (Wildman–Crippen MR) is 114 cm³/mol. The van der Waals surface area contributed by atoms with Crippen molar-refractivity contribution in [3.05, 3.63) is 63.0 Å². The Hall–Kier alpha value is -4.02. The number of rotatable bonds is 7. The lowest BCUT2D eigenvalue weighted by atomic mass is 10.1. The minimum atomic E-state index is -5.04. The standard InChI is InChI=1S/C23H20F3NO7/c1-11-6-12(2)13(3)16(7-11)33-21-20(31)15-5-4-14(32-10-18(28)27-9-19(29)30)8-17(15)34-22(21)23(24,25)26/h4-8H,9-10H2,1-3H3,(H,27,28)(H,29,30). The van der Waals surface area contributed by atoms with Crippen LogP contribution < -0.4 is 20.2 Å². The Morgan fingerprint density at radius 1 is 1.12 bits per heavy atom. The molecule has 1 amide bonds. The Kier molecular flexibility index (Phi) is 6.85. The first-order chi connectivity index (χ1) is 15.9. The maximum absolute atomic E-state index is 13.8. The fourth-order valence-corrected chi connectivity index (χ4v) is 3.12. The second-order valence-corrected chi connectivity index (χ2v) is 7.51. The third-order valence-electron chi connectivity index (χ3n) is 4.86. The van der Waals surface area contributed by atoms with Crippen LogP contribution in [0.2, 0.25) is 0 Å². The van der Waals surface area contributed by atoms with Crippen LogP contribution >= 0.6 is 0 Å². The summed E-state index contributed by atoms with van der Waals surface area (Å²) < 4.78 is 57.0. The van der Waals surface area contributed by atoms with Crippen LogP contribution in [0.4, 0.5) is 13.2 Å². The van der Waals surface area contributed by atoms with Crippen LogP contribution in [0.3, 0.4) is 0 Å². The van der Waals surface area contributed by atoms with E-state index in [1.165, 1.54) is 18.2 Å². The lowest BCUT2D eigenvalue weighted by Gasteiger charge is -2.16. The van der Waals surface area contributed by atoms with Gasteiger partial charge in [-0.15, -0.1) is 0 Å². The van der Waals surface area contributed by atoms with Gasteiger partial charge in [-0.05, 0) is 55.7 Å². The average molecular weight is 479 g/mol. The number of carbonyl (C=O) groups excluding carboxylic acids is 1. The van der Waals surface area contributed by atoms with Crippen molar-refractivity contribution in [2.24, 2.45) is 0 Å². The highest BCUT2D eigenvalue weighted by atomic mass is 19.4. The summed E-state index contributed by atoms with van der Waals surface area (Å²) in [6.45, 7) is 3.97. The van der Waals surface area contributed by atoms with Gasteiger partial charge in [-0.1, -0.05) is 6.07 Å². The molecular formula is C23H20F3NO7. The molecule has 11 heteroatoms. The lowest BCUT2D eigenvalue weighted by Crippen LogP contribution is -2.33. The zero-order valence-corrected chi connectivity index (χ0v) is 18.3. The number of benzene rings is 2. The molecule has 2 aromatic carbocycles. The Morgan fingerprint density at radius 2 is 1.82 bits per heavy atom. The van der Waals surface area contributed by atoms with Crippen LogP contribution in [-0.4, -0.2) is 30.1 Å². The van der Waals surface area contributed by atoms with Crippen molar-refractivity contribution in [1.82, 2.24) is 5.32 Å². The van der Waals surface area contributed by atoms with E-state index < -0.39 is 53.7 Å². The highest BCUT2D eigenvalue weighted by molar-refractivity contribution is 5.83. The molecule has 0 aliphatic carbocycles. The number of hydrogen-bond acceptors (Lipinski definition) is 6. The van der Waals surface area contributed by atoms with Crippen molar-refractivity contribution in [3.63, 3.8) is 0 Å². The molecule has 0 spiro atoms. The summed E-state index contributed by atoms with van der Waals surface area (Å²) in [7, 11) is 0. The molecular weight excluding hydrogens is 459 g/mol. The number of ether oxygens (including phenoxy) is 2. The molecule has 0 fully saturated rings. The van der Waals surface area contributed by atoms with Gasteiger partial charge in [-0.25, -0.2) is 0 Å². The van der Waals surface area contributed by atoms with Crippen molar-refractivity contribution in [3.8, 4) is 17.2 Å². The SMILES string of the molecule is Cc1cc(C)c(C)c(Oc2c(C(F)(F)F)oc3cc(OCC(=O)NCC(=O)O)ccc3c2=O)c1. The van der Waals surface area contributed by atoms with Crippen LogP contribution in [0.5, 0.6) is 17.2 Å². The number of nitrogens with one attached hydrogen (secondary N) is 1. The van der Waals surface area contributed by atoms with E-state index in [9.17, 15) is 27.6 Å². The number of alkyl halides is 3. The summed E-state index contributed by atoms with van der Waals surface area (Å²) in [6, 6.07) is 6.84. The fourth-order valence-electron chi connectivity index (χ4n) is 3.12. The molecule has 3 aromatic rings. The lowest BCUT2D eigenvalue weighted by molar-refractivity contribution is -0.154. The van der Waals surface area contributed by atoms with E-state index in [-0.39, 0.29) is 16.9 Å². The van der Waals surface area contributed by atoms with Gasteiger partial charge in [0, 0.05) is 6.07 Å². The van der Waals surface area contributed by atoms with Gasteiger partial charge in [0.15, 0.2) is 6.61 Å². The zero-order chi connectivity index (χ0) is 25.2. The van der Waals surface area contributed by atoms with Gasteiger partial charge in [-0.2, -0.15) is 13.2 Å². The molecule has 0 saturated heterocycles. The van der Waals surface area contributed by atoms with Crippen molar-refractivity contribution in [2.75, 3.05) is 13.2 Å². The van der Waals surface area contributed by atoms with Gasteiger partial charge in [0.05, 0.1) is 5.39 Å². The van der Waals surface area contributed by atoms with Gasteiger partial charge >= 0.3 is 12.1 Å². The molecule has 0 bridgehead atoms. The summed E-state index contributed by atoms with van der Waals surface area (Å²) in [4.78, 5) is 35.0. The van der Waals surface area contributed by atoms with Crippen molar-refractivity contribution < 1.29 is 41.8 Å². The van der Waals surface area contributed by atoms with Gasteiger partial charge in [0.2, 0.25) is 11.2 Å². The molecule has 0 saturated carbocycles. The van der Waals surface area contributed by atoms with E-state index in [1.807, 2.05) is 6.07 Å². The first-order valence-corrected chi connectivity index (χ1v) is 9.92. The minimum Gasteiger partial charge on any atom is -0.484 e. The van der Waals surface area contributed by atoms with Gasteiger partial charge in [0.25, 0.3) is 11.7 Å². The molecule has 0 aliphatic rings. The van der Waals surface area contributed by atoms with Crippen LogP contribution in [-0.2, 0) is 15.8 Å². The smallest absolute Gasteiger partial charge is 0.453 e. The Bertz CT molecular complexity index is 1330. The monoisotopic (exact) mass is 479 g/mol. The van der Waals surface area contributed by atoms with Crippen LogP contribution in [0.25, 0.3) is 11.0 Å². The normalized spacial score (nSPS) is 11.4. The maximum atomic E-state index is 13.8. The summed E-state index contributed by atoms with van der Waals surface area (Å²) in [5.41, 5.74) is 0.639. The Balaban J connectivity index is 2.01. The summed E-state index contributed by atoms with van der Waals surface area (Å²) >= 11 is 0. The molecule has 8 nitrogen and oxygen atoms in total. The summed E-state index contributed by atoms with van der Waals surface area (Å²) in [6.07, 6.45) is -5.04. The molecule has 34 heavy (non-hydrogen) atoms. The number of aliphatic carboxylic acids is 1. The number of carboxylic acid groups (broad SMARTS) is 1. The largest absolute Gasteiger partial charge is 0.484 e. The summed E-state index contributed by atoms with van der Waals surface area (Å²) in [5, 5.41) is 10.4. The number of fused-ring (bicyclic) bond motifs is 1. The zero-order valence-electron chi connectivity index (χ0n) is 18.3. The molecule has 0 atom stereocenters. The third kappa shape index (κ3) is 5.48. The molecule has 1 aromatic heterocycles. The minimum absolute atomic E-state index is 0.0620. The molecule has 180 valence electrons. The van der Waals surface area contributed by atoms with Gasteiger partial charge in [0.1, 0.15) is 23.6 Å². The highest BCUT2D eigenvalue weighted by Crippen LogP contribution is 2.39. The number of carboxylic acids is 1. The van der Waals surface area contributed by atoms with Crippen molar-refractivity contribution >= 4 is 22.8 Å². The number of carbonyl (C=O) groups is 2. The average Bonchev–Trinajstić information content (AvgIpc) is 2.74. The maximum Gasteiger partial charge on any atom is 0.453 e. The van der Waals surface area contributed by atoms with Crippen LogP contribution in [0.1, 0.15) is 22.5 Å². The molecule has 3 rings (SSSR count). The Labute approximate surface area is 190 Å². The second-order valence-electron chi connectivity index (χ2n) is 7.51. The first-order valence-electron chi connectivity index (χ1n) is 9.92. The summed E-state index contributed by atoms with van der Waals surface area (Å²) in [5.74, 6) is -4.58. The Morgan fingerprint density at radius 3 is 2.47 bits per heavy atom. The third-order valence-corrected chi connectivity index (χ3v) is 4.86. The van der Waals surface area contributed by atoms with Crippen molar-refractivity contribution in [2.45, 2.75) is 26.9 Å². The second kappa shape index (κ2) is 9.46. The molecule has 0 unspecified atom stereocenters. The van der Waals surface area contributed by atoms with E-state index in [0.29, 0.717) is 5.56 Å². The molecule has 1 heterocycles. The number of hydrogen-bond donors (Lipinski definition) is 2. The van der Waals surface area contributed by atoms with Crippen LogP contribution in [0, 0.1) is 20.8 Å². The molecule has 2 N–H and O–H groups in total. The van der Waals surface area contributed by atoms with E-state index in [2.05, 4.69) is 5.32 Å². The van der Waals surface area contributed by atoms with E-state index >= 15 is 0 Å². The first kappa shape index (κ1) is 24.6. The topological polar surface area (TPSA) is 115 Å². The number of aryl methyl sites for hydroxylation is 2. The van der Waals surface area contributed by atoms with E-state index in [0.717, 1.165) is 17.2 Å². The van der Waals surface area contributed by atoms with Crippen molar-refractivity contribution in [1.29, 1.82) is 0 Å². The molecule has 0 radical (unpaired) electrons. The highest BCUT2D eigenvalue weighted by Gasteiger charge is 2.40. The number of halogens is 3. The van der Waals surface area contributed by atoms with Gasteiger partial charge < -0.3 is 24.3 Å². The predicted octanol–water partition coefficient (Wildman–Crippen LogP) is 4.11. The quantitative estimate of drug-likeness (QED) is 0.524. The van der Waals surface area contributed by atoms with Crippen LogP contribution in [0.15, 0.2) is 39.5 Å². The fraction of sp³-hybridized carbons (Fsp3) is 0.261. The van der Waals surface area contributed by atoms with E-state index in [4.69, 9.17) is 19.0 Å². The van der Waals surface area contributed by atoms with E-state index in [1.54, 1.807) is 20.8 Å². The number of amides is 1. The molecule has 0 aliphatic heterocycles.